The third kappa shape index (κ3) is 6.59. The summed E-state index contributed by atoms with van der Waals surface area (Å²) in [6.45, 7) is 0. The van der Waals surface area contributed by atoms with E-state index >= 15 is 0 Å². The van der Waals surface area contributed by atoms with Crippen LogP contribution >= 0.6 is 11.6 Å². The van der Waals surface area contributed by atoms with Crippen LogP contribution in [0.5, 0.6) is 0 Å². The Hall–Kier alpha value is -1.53. The number of hydrogen-bond acceptors (Lipinski definition) is 2. The minimum Gasteiger partial charge on any atom is -0.357 e. The summed E-state index contributed by atoms with van der Waals surface area (Å²) in [5, 5.41) is 8.21. The SMILES string of the molecule is Clc1ccccc1.N#CC(N)=O. The summed E-state index contributed by atoms with van der Waals surface area (Å²) in [7, 11) is 0. The highest BCUT2D eigenvalue weighted by molar-refractivity contribution is 6.30. The molecule has 0 radical (unpaired) electrons. The zero-order valence-corrected chi connectivity index (χ0v) is 6.95. The van der Waals surface area contributed by atoms with Crippen molar-refractivity contribution < 1.29 is 4.79 Å². The molecule has 1 aromatic rings. The van der Waals surface area contributed by atoms with Crippen LogP contribution < -0.4 is 5.73 Å². The highest BCUT2D eigenvalue weighted by atomic mass is 35.5. The summed E-state index contributed by atoms with van der Waals surface area (Å²) in [6, 6.07) is 10.6. The van der Waals surface area contributed by atoms with Crippen LogP contribution in [-0.2, 0) is 4.79 Å². The molecule has 0 unspecified atom stereocenters. The second-order valence-corrected chi connectivity index (χ2v) is 2.21. The van der Waals surface area contributed by atoms with Crippen molar-refractivity contribution in [2.45, 2.75) is 0 Å². The molecule has 3 nitrogen and oxygen atoms in total. The first-order valence-corrected chi connectivity index (χ1v) is 3.44. The molecule has 1 aromatic carbocycles. The van der Waals surface area contributed by atoms with Gasteiger partial charge in [-0.25, -0.2) is 0 Å². The van der Waals surface area contributed by atoms with E-state index in [1.165, 1.54) is 6.07 Å². The van der Waals surface area contributed by atoms with Crippen LogP contribution in [0.25, 0.3) is 0 Å². The minimum absolute atomic E-state index is 0.794. The summed E-state index contributed by atoms with van der Waals surface area (Å²) in [4.78, 5) is 9.23. The summed E-state index contributed by atoms with van der Waals surface area (Å²) < 4.78 is 0. The second kappa shape index (κ2) is 6.20. The highest BCUT2D eigenvalue weighted by Gasteiger charge is 1.75. The fourth-order valence-corrected chi connectivity index (χ4v) is 0.560. The molecule has 0 aliphatic rings. The van der Waals surface area contributed by atoms with Crippen molar-refractivity contribution in [3.63, 3.8) is 0 Å². The maximum atomic E-state index is 9.23. The molecule has 1 rings (SSSR count). The van der Waals surface area contributed by atoms with Crippen molar-refractivity contribution in [3.8, 4) is 6.07 Å². The van der Waals surface area contributed by atoms with E-state index in [-0.39, 0.29) is 0 Å². The van der Waals surface area contributed by atoms with Crippen LogP contribution in [0.4, 0.5) is 0 Å². The van der Waals surface area contributed by atoms with E-state index in [1.807, 2.05) is 30.3 Å². The summed E-state index contributed by atoms with van der Waals surface area (Å²) in [5.74, 6) is -0.940. The maximum absolute atomic E-state index is 9.23. The topological polar surface area (TPSA) is 66.9 Å². The number of rotatable bonds is 0. The fraction of sp³-hybridized carbons (Fsp3) is 0. The molecule has 0 fully saturated rings. The second-order valence-electron chi connectivity index (χ2n) is 1.77. The van der Waals surface area contributed by atoms with E-state index in [9.17, 15) is 4.79 Å². The standard InChI is InChI=1S/C6H5Cl.C2H2N2O/c7-6-4-2-1-3-5-6;3-1-2(4)5/h1-5H;(H2,4,5). The van der Waals surface area contributed by atoms with Gasteiger partial charge in [0.2, 0.25) is 0 Å². The monoisotopic (exact) mass is 182 g/mol. The van der Waals surface area contributed by atoms with Gasteiger partial charge < -0.3 is 5.73 Å². The molecule has 1 amide bonds. The van der Waals surface area contributed by atoms with Gasteiger partial charge in [-0.05, 0) is 12.1 Å². The zero-order valence-electron chi connectivity index (χ0n) is 6.20. The third-order valence-corrected chi connectivity index (χ3v) is 1.10. The van der Waals surface area contributed by atoms with Crippen molar-refractivity contribution in [1.29, 1.82) is 5.26 Å². The Morgan fingerprint density at radius 2 is 1.83 bits per heavy atom. The predicted octanol–water partition coefficient (Wildman–Crippen LogP) is 1.34. The molecule has 0 aliphatic carbocycles. The van der Waals surface area contributed by atoms with Gasteiger partial charge in [0.15, 0.2) is 6.07 Å². The Kier molecular flexibility index (Phi) is 5.41. The molecule has 0 aliphatic heterocycles. The molecule has 2 N–H and O–H groups in total. The molecule has 12 heavy (non-hydrogen) atoms. The number of carbonyl (C=O) groups is 1. The number of amides is 1. The quantitative estimate of drug-likeness (QED) is 0.616. The van der Waals surface area contributed by atoms with Crippen molar-refractivity contribution in [2.75, 3.05) is 0 Å². The van der Waals surface area contributed by atoms with E-state index in [0.29, 0.717) is 0 Å². The molecule has 0 spiro atoms. The van der Waals surface area contributed by atoms with Gasteiger partial charge in [-0.3, -0.25) is 4.79 Å². The lowest BCUT2D eigenvalue weighted by Crippen LogP contribution is -2.05. The van der Waals surface area contributed by atoms with Crippen molar-refractivity contribution in [3.05, 3.63) is 35.4 Å². The lowest BCUT2D eigenvalue weighted by Gasteiger charge is -1.80. The smallest absolute Gasteiger partial charge is 0.319 e. The minimum atomic E-state index is -0.940. The lowest BCUT2D eigenvalue weighted by molar-refractivity contribution is -0.113. The van der Waals surface area contributed by atoms with E-state index in [2.05, 4.69) is 5.73 Å². The van der Waals surface area contributed by atoms with Crippen LogP contribution in [0, 0.1) is 11.3 Å². The van der Waals surface area contributed by atoms with Gasteiger partial charge in [0.1, 0.15) is 0 Å². The van der Waals surface area contributed by atoms with Gasteiger partial charge in [0.05, 0.1) is 0 Å². The Morgan fingerprint density at radius 3 is 2.00 bits per heavy atom. The Morgan fingerprint density at radius 1 is 1.42 bits per heavy atom. The molecule has 0 aromatic heterocycles. The highest BCUT2D eigenvalue weighted by Crippen LogP contribution is 2.03. The summed E-state index contributed by atoms with van der Waals surface area (Å²) in [5.41, 5.74) is 4.29. The van der Waals surface area contributed by atoms with Gasteiger partial charge in [0, 0.05) is 5.02 Å². The number of nitrogens with two attached hydrogens (primary N) is 1. The molecule has 0 atom stereocenters. The van der Waals surface area contributed by atoms with Gasteiger partial charge in [0.25, 0.3) is 0 Å². The molecule has 62 valence electrons. The summed E-state index contributed by atoms with van der Waals surface area (Å²) >= 11 is 5.54. The van der Waals surface area contributed by atoms with Crippen molar-refractivity contribution in [2.24, 2.45) is 5.73 Å². The van der Waals surface area contributed by atoms with Crippen LogP contribution in [0.1, 0.15) is 0 Å². The lowest BCUT2D eigenvalue weighted by atomic mass is 10.4. The van der Waals surface area contributed by atoms with Crippen molar-refractivity contribution in [1.82, 2.24) is 0 Å². The Labute approximate surface area is 75.4 Å². The largest absolute Gasteiger partial charge is 0.357 e. The number of halogens is 1. The summed E-state index contributed by atoms with van der Waals surface area (Å²) in [6.07, 6.45) is 0. The molecule has 4 heteroatoms. The van der Waals surface area contributed by atoms with E-state index in [0.717, 1.165) is 5.02 Å². The Balaban J connectivity index is 0.000000217. The average Bonchev–Trinajstić information content (AvgIpc) is 2.07. The van der Waals surface area contributed by atoms with Gasteiger partial charge in [-0.2, -0.15) is 5.26 Å². The number of carbonyl (C=O) groups excluding carboxylic acids is 1. The van der Waals surface area contributed by atoms with Gasteiger partial charge in [-0.15, -0.1) is 0 Å². The van der Waals surface area contributed by atoms with E-state index in [4.69, 9.17) is 16.9 Å². The van der Waals surface area contributed by atoms with Crippen molar-refractivity contribution >= 4 is 17.5 Å². The van der Waals surface area contributed by atoms with E-state index in [1.54, 1.807) is 0 Å². The number of benzene rings is 1. The molecular formula is C8H7ClN2O. The van der Waals surface area contributed by atoms with Crippen LogP contribution in [-0.4, -0.2) is 5.91 Å². The first-order chi connectivity index (χ1) is 5.66. The number of primary amides is 1. The number of nitrogens with zero attached hydrogens (tertiary/aromatic N) is 1. The predicted molar refractivity (Wildman–Crippen MR) is 46.3 cm³/mol. The first kappa shape index (κ1) is 10.5. The normalized spacial score (nSPS) is 7.33. The molecule has 0 saturated carbocycles. The van der Waals surface area contributed by atoms with Crippen LogP contribution in [0.3, 0.4) is 0 Å². The van der Waals surface area contributed by atoms with Crippen LogP contribution in [0.15, 0.2) is 30.3 Å². The van der Waals surface area contributed by atoms with Gasteiger partial charge in [-0.1, -0.05) is 29.8 Å². The van der Waals surface area contributed by atoms with Gasteiger partial charge >= 0.3 is 5.91 Å². The maximum Gasteiger partial charge on any atom is 0.319 e. The number of hydrogen-bond donors (Lipinski definition) is 1. The molecule has 0 saturated heterocycles. The van der Waals surface area contributed by atoms with E-state index < -0.39 is 5.91 Å². The molecule has 0 bridgehead atoms. The van der Waals surface area contributed by atoms with Crippen LogP contribution in [0.2, 0.25) is 5.02 Å². The molecule has 0 heterocycles. The third-order valence-electron chi connectivity index (χ3n) is 0.843. The zero-order chi connectivity index (χ0) is 9.40. The number of nitriles is 1. The average molecular weight is 183 g/mol. The first-order valence-electron chi connectivity index (χ1n) is 3.07. The molecular weight excluding hydrogens is 176 g/mol. The fourth-order valence-electron chi connectivity index (χ4n) is 0.415. The Bertz CT molecular complexity index is 279.